The van der Waals surface area contributed by atoms with E-state index in [-0.39, 0.29) is 12.2 Å². The van der Waals surface area contributed by atoms with Gasteiger partial charge in [-0.15, -0.1) is 5.46 Å². The lowest BCUT2D eigenvalue weighted by Gasteiger charge is -2.18. The highest BCUT2D eigenvalue weighted by Crippen LogP contribution is 2.18. The average molecular weight is 269 g/mol. The summed E-state index contributed by atoms with van der Waals surface area (Å²) in [4.78, 5) is 0. The summed E-state index contributed by atoms with van der Waals surface area (Å²) >= 11 is 0. The molecule has 0 unspecified atom stereocenters. The minimum Gasteiger partial charge on any atom is -0.489 e. The molecule has 0 amide bonds. The zero-order valence-corrected chi connectivity index (χ0v) is 10.6. The van der Waals surface area contributed by atoms with E-state index in [9.17, 15) is 12.9 Å². The summed E-state index contributed by atoms with van der Waals surface area (Å²) in [5, 5.41) is 3.98. The number of hydrogen-bond acceptors (Lipinski definition) is 2. The predicted octanol–water partition coefficient (Wildman–Crippen LogP) is 2.36. The summed E-state index contributed by atoms with van der Waals surface area (Å²) in [6.07, 6.45) is 3.44. The second-order valence-corrected chi connectivity index (χ2v) is 4.40. The number of rotatable bonds is 4. The van der Waals surface area contributed by atoms with E-state index in [0.29, 0.717) is 5.75 Å². The molecule has 102 valence electrons. The number of halogens is 3. The summed E-state index contributed by atoms with van der Waals surface area (Å²) in [5.41, 5.74) is 0.467. The minimum atomic E-state index is -4.97. The summed E-state index contributed by atoms with van der Waals surface area (Å²) in [6.45, 7) is -3.26. The fourth-order valence-corrected chi connectivity index (χ4v) is 1.82. The Kier molecular flexibility index (Phi) is 3.55. The first-order valence-electron chi connectivity index (χ1n) is 5.77. The third-order valence-corrected chi connectivity index (χ3v) is 2.76. The molecule has 0 aliphatic rings. The molecule has 0 aliphatic carbocycles. The second-order valence-electron chi connectivity index (χ2n) is 4.40. The van der Waals surface area contributed by atoms with E-state index in [2.05, 4.69) is 5.10 Å². The lowest BCUT2D eigenvalue weighted by Crippen LogP contribution is -2.35. The van der Waals surface area contributed by atoms with Gasteiger partial charge in [0.2, 0.25) is 0 Å². The predicted molar refractivity (Wildman–Crippen MR) is 67.4 cm³/mol. The van der Waals surface area contributed by atoms with E-state index >= 15 is 0 Å². The molecule has 0 N–H and O–H groups in total. The molecule has 0 aliphatic heterocycles. The number of hydrogen-bond donors (Lipinski definition) is 0. The molecule has 1 aromatic carbocycles. The van der Waals surface area contributed by atoms with E-state index in [0.717, 1.165) is 11.6 Å². The monoisotopic (exact) mass is 269 g/mol. The summed E-state index contributed by atoms with van der Waals surface area (Å²) in [7, 11) is 1.79. The van der Waals surface area contributed by atoms with Crippen molar-refractivity contribution in [2.45, 2.75) is 13.5 Å². The van der Waals surface area contributed by atoms with Crippen LogP contribution < -0.4 is 10.2 Å². The molecule has 19 heavy (non-hydrogen) atoms. The molecule has 0 saturated carbocycles. The highest BCUT2D eigenvalue weighted by atomic mass is 19.4. The number of aryl methyl sites for hydroxylation is 2. The SMILES string of the molecule is Cc1cc(OCc2cnn(C)c2)ccc1[B-](F)(F)F. The van der Waals surface area contributed by atoms with Gasteiger partial charge in [0.1, 0.15) is 12.4 Å². The summed E-state index contributed by atoms with van der Waals surface area (Å²) in [6, 6.07) is 3.81. The molecular weight excluding hydrogens is 256 g/mol. The van der Waals surface area contributed by atoms with Crippen molar-refractivity contribution in [1.29, 1.82) is 0 Å². The Balaban J connectivity index is 2.08. The lowest BCUT2D eigenvalue weighted by atomic mass is 9.77. The van der Waals surface area contributed by atoms with Crippen molar-refractivity contribution in [3.8, 4) is 5.75 Å². The Morgan fingerprint density at radius 3 is 2.58 bits per heavy atom. The molecule has 1 heterocycles. The molecule has 3 nitrogen and oxygen atoms in total. The minimum absolute atomic E-state index is 0.177. The number of aromatic nitrogens is 2. The quantitative estimate of drug-likeness (QED) is 0.797. The molecule has 1 aromatic heterocycles. The molecule has 0 atom stereocenters. The molecule has 7 heteroatoms. The molecule has 2 rings (SSSR count). The van der Waals surface area contributed by atoms with Gasteiger partial charge in [0.05, 0.1) is 6.20 Å². The van der Waals surface area contributed by atoms with Crippen LogP contribution in [0.5, 0.6) is 5.75 Å². The Labute approximate surface area is 109 Å². The first kappa shape index (κ1) is 13.5. The van der Waals surface area contributed by atoms with Gasteiger partial charge in [-0.2, -0.15) is 5.10 Å². The van der Waals surface area contributed by atoms with Crippen LogP contribution in [0.1, 0.15) is 11.1 Å². The van der Waals surface area contributed by atoms with Crippen LogP contribution in [-0.2, 0) is 13.7 Å². The maximum Gasteiger partial charge on any atom is 0.509 e. The first-order chi connectivity index (χ1) is 8.86. The van der Waals surface area contributed by atoms with E-state index in [1.807, 2.05) is 0 Å². The van der Waals surface area contributed by atoms with Crippen LogP contribution in [0.15, 0.2) is 30.6 Å². The van der Waals surface area contributed by atoms with Crippen LogP contribution in [0.2, 0.25) is 0 Å². The van der Waals surface area contributed by atoms with Gasteiger partial charge in [0.15, 0.2) is 0 Å². The van der Waals surface area contributed by atoms with Crippen molar-refractivity contribution < 1.29 is 17.7 Å². The second kappa shape index (κ2) is 4.99. The van der Waals surface area contributed by atoms with E-state index in [1.165, 1.54) is 19.1 Å². The third-order valence-electron chi connectivity index (χ3n) is 2.76. The van der Waals surface area contributed by atoms with Crippen molar-refractivity contribution in [3.63, 3.8) is 0 Å². The highest BCUT2D eigenvalue weighted by molar-refractivity contribution is 6.74. The van der Waals surface area contributed by atoms with Gasteiger partial charge >= 0.3 is 6.98 Å². The van der Waals surface area contributed by atoms with Gasteiger partial charge in [-0.1, -0.05) is 11.6 Å². The van der Waals surface area contributed by atoms with E-state index in [4.69, 9.17) is 4.74 Å². The molecule has 0 fully saturated rings. The van der Waals surface area contributed by atoms with Crippen LogP contribution >= 0.6 is 0 Å². The fraction of sp³-hybridized carbons (Fsp3) is 0.250. The largest absolute Gasteiger partial charge is 0.509 e. The zero-order chi connectivity index (χ0) is 14.0. The van der Waals surface area contributed by atoms with Gasteiger partial charge in [-0.3, -0.25) is 4.68 Å². The maximum atomic E-state index is 12.6. The van der Waals surface area contributed by atoms with Gasteiger partial charge in [0, 0.05) is 18.8 Å². The van der Waals surface area contributed by atoms with E-state index < -0.39 is 12.4 Å². The fourth-order valence-electron chi connectivity index (χ4n) is 1.82. The molecule has 0 spiro atoms. The van der Waals surface area contributed by atoms with Crippen molar-refractivity contribution in [3.05, 3.63) is 41.7 Å². The van der Waals surface area contributed by atoms with Crippen LogP contribution in [-0.4, -0.2) is 16.8 Å². The molecule has 2 aromatic rings. The van der Waals surface area contributed by atoms with Gasteiger partial charge in [-0.05, 0) is 19.1 Å². The number of benzene rings is 1. The number of ether oxygens (including phenoxy) is 1. The summed E-state index contributed by atoms with van der Waals surface area (Å²) in [5.74, 6) is 0.421. The maximum absolute atomic E-state index is 12.6. The third kappa shape index (κ3) is 3.30. The molecular formula is C12H13BF3N2O-. The lowest BCUT2D eigenvalue weighted by molar-refractivity contribution is 0.306. The van der Waals surface area contributed by atoms with Crippen LogP contribution in [0.3, 0.4) is 0 Å². The molecule has 0 radical (unpaired) electrons. The molecule has 0 bridgehead atoms. The molecule has 0 saturated heterocycles. The Morgan fingerprint density at radius 2 is 2.05 bits per heavy atom. The van der Waals surface area contributed by atoms with Crippen LogP contribution in [0.25, 0.3) is 0 Å². The normalized spacial score (nSPS) is 11.6. The summed E-state index contributed by atoms with van der Waals surface area (Å²) < 4.78 is 45.0. The number of nitrogens with zero attached hydrogens (tertiary/aromatic N) is 2. The standard InChI is InChI=1S/C12H13BF3N2O/c1-9-5-11(3-4-12(9)13(14,15)16)19-8-10-6-17-18(2)7-10/h3-7H,8H2,1-2H3/q-1. The van der Waals surface area contributed by atoms with Gasteiger partial charge in [-0.25, -0.2) is 0 Å². The first-order valence-corrected chi connectivity index (χ1v) is 5.77. The topological polar surface area (TPSA) is 27.1 Å². The van der Waals surface area contributed by atoms with Crippen LogP contribution in [0, 0.1) is 6.92 Å². The smallest absolute Gasteiger partial charge is 0.489 e. The van der Waals surface area contributed by atoms with Gasteiger partial charge in [0.25, 0.3) is 0 Å². The van der Waals surface area contributed by atoms with Crippen molar-refractivity contribution in [1.82, 2.24) is 9.78 Å². The van der Waals surface area contributed by atoms with Gasteiger partial charge < -0.3 is 17.7 Å². The van der Waals surface area contributed by atoms with E-state index in [1.54, 1.807) is 24.1 Å². The average Bonchev–Trinajstić information content (AvgIpc) is 2.71. The van der Waals surface area contributed by atoms with Crippen molar-refractivity contribution >= 4 is 12.4 Å². The highest BCUT2D eigenvalue weighted by Gasteiger charge is 2.27. The van der Waals surface area contributed by atoms with Crippen molar-refractivity contribution in [2.24, 2.45) is 7.05 Å². The Morgan fingerprint density at radius 1 is 1.32 bits per heavy atom. The van der Waals surface area contributed by atoms with Crippen LogP contribution in [0.4, 0.5) is 12.9 Å². The Bertz CT molecular complexity index is 581. The van der Waals surface area contributed by atoms with Crippen molar-refractivity contribution in [2.75, 3.05) is 0 Å². The Hall–Kier alpha value is -1.92. The zero-order valence-electron chi connectivity index (χ0n) is 10.6.